The van der Waals surface area contributed by atoms with Crippen LogP contribution in [-0.4, -0.2) is 70.0 Å². The second-order valence-electron chi connectivity index (χ2n) is 10.3. The van der Waals surface area contributed by atoms with Gasteiger partial charge in [-0.2, -0.15) is 5.10 Å². The number of carbonyl (C=O) groups is 1. The van der Waals surface area contributed by atoms with Gasteiger partial charge in [0.1, 0.15) is 23.7 Å². The summed E-state index contributed by atoms with van der Waals surface area (Å²) >= 11 is 0. The molecule has 1 amide bonds. The zero-order valence-corrected chi connectivity index (χ0v) is 23.6. The molecular weight excluding hydrogens is 549 g/mol. The molecule has 0 spiro atoms. The largest absolute Gasteiger partial charge is 0.491 e. The predicted molar refractivity (Wildman–Crippen MR) is 164 cm³/mol. The summed E-state index contributed by atoms with van der Waals surface area (Å²) in [4.78, 5) is 23.6. The summed E-state index contributed by atoms with van der Waals surface area (Å²) in [5.41, 5.74) is 3.74. The van der Waals surface area contributed by atoms with Crippen molar-refractivity contribution in [2.45, 2.75) is 13.0 Å². The molecule has 6 rings (SSSR count). The van der Waals surface area contributed by atoms with Crippen molar-refractivity contribution >= 4 is 44.9 Å². The first-order chi connectivity index (χ1) is 21.1. The predicted octanol–water partition coefficient (Wildman–Crippen LogP) is 5.14. The SMILES string of the molecule is C=CC(=O)Nc1cc2c(Nc3ccc4c(cnn4Cc4cccc(F)c4)c3)ncnc2cc1OCCCN1CCOCC1. The molecule has 220 valence electrons. The summed E-state index contributed by atoms with van der Waals surface area (Å²) in [6, 6.07) is 16.0. The summed E-state index contributed by atoms with van der Waals surface area (Å²) in [6.45, 7) is 8.80. The van der Waals surface area contributed by atoms with Gasteiger partial charge in [-0.15, -0.1) is 0 Å². The maximum atomic E-state index is 13.7. The van der Waals surface area contributed by atoms with Crippen molar-refractivity contribution in [3.63, 3.8) is 0 Å². The van der Waals surface area contributed by atoms with Crippen molar-refractivity contribution in [1.29, 1.82) is 0 Å². The van der Waals surface area contributed by atoms with Crippen molar-refractivity contribution in [3.8, 4) is 5.75 Å². The van der Waals surface area contributed by atoms with Gasteiger partial charge in [0.25, 0.3) is 0 Å². The Balaban J connectivity index is 1.22. The van der Waals surface area contributed by atoms with Gasteiger partial charge in [0.05, 0.1) is 49.3 Å². The molecule has 0 bridgehead atoms. The van der Waals surface area contributed by atoms with Crippen LogP contribution in [0.1, 0.15) is 12.0 Å². The highest BCUT2D eigenvalue weighted by Crippen LogP contribution is 2.34. The number of nitrogens with zero attached hydrogens (tertiary/aromatic N) is 5. The third-order valence-electron chi connectivity index (χ3n) is 7.29. The highest BCUT2D eigenvalue weighted by atomic mass is 19.1. The third kappa shape index (κ3) is 6.79. The first-order valence-electron chi connectivity index (χ1n) is 14.2. The summed E-state index contributed by atoms with van der Waals surface area (Å²) in [5, 5.41) is 12.4. The Morgan fingerprint density at radius 3 is 2.84 bits per heavy atom. The Kier molecular flexibility index (Phi) is 8.52. The fraction of sp³-hybridized carbons (Fsp3) is 0.250. The van der Waals surface area contributed by atoms with E-state index in [1.165, 1.54) is 24.5 Å². The van der Waals surface area contributed by atoms with Crippen LogP contribution in [-0.2, 0) is 16.1 Å². The van der Waals surface area contributed by atoms with E-state index in [9.17, 15) is 9.18 Å². The van der Waals surface area contributed by atoms with Crippen LogP contribution in [0.2, 0.25) is 0 Å². The fourth-order valence-corrected chi connectivity index (χ4v) is 5.12. The molecular formula is C32H32FN7O3. The number of carbonyl (C=O) groups excluding carboxylic acids is 1. The number of ether oxygens (including phenoxy) is 2. The number of morpholine rings is 1. The number of nitrogens with one attached hydrogen (secondary N) is 2. The molecule has 5 aromatic rings. The monoisotopic (exact) mass is 581 g/mol. The van der Waals surface area contributed by atoms with Crippen molar-refractivity contribution in [3.05, 3.63) is 91.2 Å². The molecule has 0 saturated carbocycles. The first-order valence-corrected chi connectivity index (χ1v) is 14.2. The first kappa shape index (κ1) is 28.3. The molecule has 1 aliphatic heterocycles. The highest BCUT2D eigenvalue weighted by Gasteiger charge is 2.15. The lowest BCUT2D eigenvalue weighted by atomic mass is 10.1. The van der Waals surface area contributed by atoms with Gasteiger partial charge >= 0.3 is 0 Å². The van der Waals surface area contributed by atoms with Crippen molar-refractivity contribution in [1.82, 2.24) is 24.6 Å². The molecule has 0 atom stereocenters. The van der Waals surface area contributed by atoms with Crippen molar-refractivity contribution in [2.24, 2.45) is 0 Å². The van der Waals surface area contributed by atoms with E-state index in [0.29, 0.717) is 41.3 Å². The topological polar surface area (TPSA) is 106 Å². The maximum Gasteiger partial charge on any atom is 0.247 e. The number of fused-ring (bicyclic) bond motifs is 2. The van der Waals surface area contributed by atoms with Crippen LogP contribution in [0.5, 0.6) is 5.75 Å². The second kappa shape index (κ2) is 13.0. The van der Waals surface area contributed by atoms with Gasteiger partial charge in [-0.3, -0.25) is 14.4 Å². The number of halogens is 1. The number of benzene rings is 3. The van der Waals surface area contributed by atoms with Crippen LogP contribution in [0, 0.1) is 5.82 Å². The fourth-order valence-electron chi connectivity index (χ4n) is 5.12. The molecule has 1 saturated heterocycles. The average molecular weight is 582 g/mol. The zero-order chi connectivity index (χ0) is 29.6. The van der Waals surface area contributed by atoms with Gasteiger partial charge in [-0.25, -0.2) is 14.4 Å². The lowest BCUT2D eigenvalue weighted by molar-refractivity contribution is -0.111. The summed E-state index contributed by atoms with van der Waals surface area (Å²) in [6.07, 6.45) is 5.33. The number of aromatic nitrogens is 4. The molecule has 1 aliphatic rings. The third-order valence-corrected chi connectivity index (χ3v) is 7.29. The van der Waals surface area contributed by atoms with E-state index < -0.39 is 0 Å². The second-order valence-corrected chi connectivity index (χ2v) is 10.3. The molecule has 0 radical (unpaired) electrons. The lowest BCUT2D eigenvalue weighted by Crippen LogP contribution is -2.37. The number of amides is 1. The number of hydrogen-bond donors (Lipinski definition) is 2. The minimum absolute atomic E-state index is 0.271. The van der Waals surface area contributed by atoms with Crippen molar-refractivity contribution in [2.75, 3.05) is 50.1 Å². The molecule has 0 unspecified atom stereocenters. The summed E-state index contributed by atoms with van der Waals surface area (Å²) in [5.74, 6) is 0.489. The van der Waals surface area contributed by atoms with Gasteiger partial charge in [-0.05, 0) is 54.5 Å². The Hall–Kier alpha value is -4.87. The Morgan fingerprint density at radius 2 is 2.00 bits per heavy atom. The van der Waals surface area contributed by atoms with E-state index in [1.807, 2.05) is 41.1 Å². The van der Waals surface area contributed by atoms with Crippen LogP contribution in [0.3, 0.4) is 0 Å². The van der Waals surface area contributed by atoms with Gasteiger partial charge in [0.2, 0.25) is 5.91 Å². The quantitative estimate of drug-likeness (QED) is 0.163. The van der Waals surface area contributed by atoms with Gasteiger partial charge < -0.3 is 20.1 Å². The minimum Gasteiger partial charge on any atom is -0.491 e. The van der Waals surface area contributed by atoms with Gasteiger partial charge in [0, 0.05) is 42.2 Å². The zero-order valence-electron chi connectivity index (χ0n) is 23.6. The molecule has 1 fully saturated rings. The Bertz CT molecular complexity index is 1770. The number of rotatable bonds is 11. The molecule has 2 aromatic heterocycles. The highest BCUT2D eigenvalue weighted by molar-refractivity contribution is 6.03. The van der Waals surface area contributed by atoms with Crippen molar-refractivity contribution < 1.29 is 18.7 Å². The van der Waals surface area contributed by atoms with Gasteiger partial charge in [-0.1, -0.05) is 18.7 Å². The van der Waals surface area contributed by atoms with Crippen LogP contribution >= 0.6 is 0 Å². The molecule has 10 nitrogen and oxygen atoms in total. The maximum absolute atomic E-state index is 13.7. The van der Waals surface area contributed by atoms with Crippen LogP contribution in [0.25, 0.3) is 21.8 Å². The van der Waals surface area contributed by atoms with Gasteiger partial charge in [0.15, 0.2) is 0 Å². The molecule has 11 heteroatoms. The van der Waals surface area contributed by atoms with Crippen LogP contribution < -0.4 is 15.4 Å². The number of anilines is 3. The molecule has 43 heavy (non-hydrogen) atoms. The summed E-state index contributed by atoms with van der Waals surface area (Å²) in [7, 11) is 0. The van der Waals surface area contributed by atoms with E-state index in [-0.39, 0.29) is 11.7 Å². The standard InChI is InChI=1S/C32H32FN7O3/c1-2-31(41)38-28-17-26-27(18-30(28)43-12-4-9-39-10-13-42-14-11-39)34-21-35-32(26)37-25-7-8-29-23(16-25)19-36-40(29)20-22-5-3-6-24(33)15-22/h2-3,5-8,15-19,21H,1,4,9-14,20H2,(H,38,41)(H,34,35,37). The molecule has 3 aromatic carbocycles. The van der Waals surface area contributed by atoms with E-state index in [2.05, 4.69) is 37.2 Å². The van der Waals surface area contributed by atoms with E-state index in [4.69, 9.17) is 9.47 Å². The smallest absolute Gasteiger partial charge is 0.247 e. The number of hydrogen-bond acceptors (Lipinski definition) is 8. The normalized spacial score (nSPS) is 13.7. The lowest BCUT2D eigenvalue weighted by Gasteiger charge is -2.26. The molecule has 0 aliphatic carbocycles. The van der Waals surface area contributed by atoms with E-state index in [1.54, 1.807) is 12.3 Å². The van der Waals surface area contributed by atoms with Crippen LogP contribution in [0.4, 0.5) is 21.6 Å². The molecule has 3 heterocycles. The molecule has 2 N–H and O–H groups in total. The minimum atomic E-state index is -0.343. The van der Waals surface area contributed by atoms with E-state index >= 15 is 0 Å². The average Bonchev–Trinajstić information content (AvgIpc) is 3.41. The van der Waals surface area contributed by atoms with E-state index in [0.717, 1.165) is 61.4 Å². The Morgan fingerprint density at radius 1 is 1.12 bits per heavy atom. The Labute approximate surface area is 248 Å². The van der Waals surface area contributed by atoms with Crippen LogP contribution in [0.15, 0.2) is 79.8 Å². The summed E-state index contributed by atoms with van der Waals surface area (Å²) < 4.78 is 27.0.